The van der Waals surface area contributed by atoms with Crippen LogP contribution in [0.25, 0.3) is 0 Å². The van der Waals surface area contributed by atoms with Gasteiger partial charge in [0.1, 0.15) is 5.82 Å². The Morgan fingerprint density at radius 2 is 1.67 bits per heavy atom. The third kappa shape index (κ3) is 5.83. The van der Waals surface area contributed by atoms with E-state index in [1.807, 2.05) is 27.7 Å². The van der Waals surface area contributed by atoms with Gasteiger partial charge in [-0.25, -0.2) is 4.39 Å². The first-order valence-electron chi connectivity index (χ1n) is 5.17. The Morgan fingerprint density at radius 1 is 1.20 bits per heavy atom. The molecule has 0 saturated carbocycles. The van der Waals surface area contributed by atoms with Crippen LogP contribution in [0.2, 0.25) is 0 Å². The molecule has 0 aliphatic carbocycles. The Morgan fingerprint density at radius 3 is 2.00 bits per heavy atom. The maximum Gasteiger partial charge on any atom is 0.251 e. The van der Waals surface area contributed by atoms with E-state index in [0.29, 0.717) is 0 Å². The molecule has 0 atom stereocenters. The third-order valence-electron chi connectivity index (χ3n) is 1.39. The average Bonchev–Trinajstić information content (AvgIpc) is 2.27. The van der Waals surface area contributed by atoms with Gasteiger partial charge in [-0.1, -0.05) is 39.3 Å². The van der Waals surface area contributed by atoms with Gasteiger partial charge in [0.25, 0.3) is 5.91 Å². The van der Waals surface area contributed by atoms with Crippen LogP contribution in [-0.4, -0.2) is 5.91 Å². The molecule has 0 aliphatic heterocycles. The zero-order valence-electron chi connectivity index (χ0n) is 10.1. The van der Waals surface area contributed by atoms with E-state index in [0.717, 1.165) is 5.56 Å². The van der Waals surface area contributed by atoms with Crippen LogP contribution in [0.15, 0.2) is 18.2 Å². The molecular formula is C12H20FNO. The van der Waals surface area contributed by atoms with Gasteiger partial charge in [0.05, 0.1) is 5.56 Å². The molecule has 86 valence electrons. The molecule has 0 unspecified atom stereocenters. The van der Waals surface area contributed by atoms with Crippen LogP contribution in [0.1, 0.15) is 43.6 Å². The van der Waals surface area contributed by atoms with Gasteiger partial charge in [-0.2, -0.15) is 0 Å². The number of halogens is 1. The topological polar surface area (TPSA) is 43.1 Å². The first-order valence-corrected chi connectivity index (χ1v) is 5.17. The van der Waals surface area contributed by atoms with Gasteiger partial charge < -0.3 is 5.73 Å². The summed E-state index contributed by atoms with van der Waals surface area (Å²) >= 11 is 0. The van der Waals surface area contributed by atoms with Crippen LogP contribution < -0.4 is 5.73 Å². The number of nitrogens with two attached hydrogens (primary N) is 1. The summed E-state index contributed by atoms with van der Waals surface area (Å²) in [7, 11) is 0. The first-order chi connectivity index (χ1) is 7.11. The number of amides is 1. The molecule has 1 aromatic carbocycles. The number of hydrogen-bond acceptors (Lipinski definition) is 1. The largest absolute Gasteiger partial charge is 0.366 e. The van der Waals surface area contributed by atoms with Gasteiger partial charge in [0.2, 0.25) is 0 Å². The Hall–Kier alpha value is -1.38. The van der Waals surface area contributed by atoms with E-state index >= 15 is 0 Å². The number of aryl methyl sites for hydroxylation is 1. The van der Waals surface area contributed by atoms with Crippen molar-refractivity contribution in [1.82, 2.24) is 0 Å². The van der Waals surface area contributed by atoms with E-state index in [9.17, 15) is 9.18 Å². The zero-order valence-corrected chi connectivity index (χ0v) is 10.1. The predicted octanol–water partition coefficient (Wildman–Crippen LogP) is 3.29. The second kappa shape index (κ2) is 9.19. The standard InChI is InChI=1S/C8H8FNO.2C2H6/c1-5-2-3-7(9)6(4-5)8(10)11;2*1-2/h2-4H,1H3,(H2,10,11);2*1-2H3. The van der Waals surface area contributed by atoms with Crippen molar-refractivity contribution in [1.29, 1.82) is 0 Å². The minimum atomic E-state index is -0.730. The number of rotatable bonds is 1. The Labute approximate surface area is 91.3 Å². The number of hydrogen-bond donors (Lipinski definition) is 1. The number of carbonyl (C=O) groups is 1. The highest BCUT2D eigenvalue weighted by Crippen LogP contribution is 2.08. The van der Waals surface area contributed by atoms with E-state index in [-0.39, 0.29) is 5.56 Å². The van der Waals surface area contributed by atoms with Crippen LogP contribution in [0.3, 0.4) is 0 Å². The molecule has 0 fully saturated rings. The Bertz CT molecular complexity index is 298. The van der Waals surface area contributed by atoms with Gasteiger partial charge in [0.15, 0.2) is 0 Å². The van der Waals surface area contributed by atoms with Crippen molar-refractivity contribution in [2.45, 2.75) is 34.6 Å². The van der Waals surface area contributed by atoms with Crippen molar-refractivity contribution < 1.29 is 9.18 Å². The summed E-state index contributed by atoms with van der Waals surface area (Å²) < 4.78 is 12.7. The average molecular weight is 213 g/mol. The zero-order chi connectivity index (χ0) is 12.4. The maximum atomic E-state index is 12.7. The highest BCUT2D eigenvalue weighted by atomic mass is 19.1. The number of primary amides is 1. The summed E-state index contributed by atoms with van der Waals surface area (Å²) in [5, 5.41) is 0. The number of benzene rings is 1. The lowest BCUT2D eigenvalue weighted by Crippen LogP contribution is -2.13. The quantitative estimate of drug-likeness (QED) is 0.764. The van der Waals surface area contributed by atoms with Gasteiger partial charge >= 0.3 is 0 Å². The highest BCUT2D eigenvalue weighted by Gasteiger charge is 2.06. The van der Waals surface area contributed by atoms with E-state index < -0.39 is 11.7 Å². The van der Waals surface area contributed by atoms with Crippen molar-refractivity contribution >= 4 is 5.91 Å². The van der Waals surface area contributed by atoms with Gasteiger partial charge in [-0.15, -0.1) is 0 Å². The molecule has 2 nitrogen and oxygen atoms in total. The summed E-state index contributed by atoms with van der Waals surface area (Å²) in [6.07, 6.45) is 0. The summed E-state index contributed by atoms with van der Waals surface area (Å²) in [6, 6.07) is 4.24. The van der Waals surface area contributed by atoms with Gasteiger partial charge in [0, 0.05) is 0 Å². The molecule has 2 N–H and O–H groups in total. The van der Waals surface area contributed by atoms with Gasteiger partial charge in [-0.3, -0.25) is 4.79 Å². The van der Waals surface area contributed by atoms with E-state index in [1.54, 1.807) is 13.0 Å². The second-order valence-corrected chi connectivity index (χ2v) is 2.35. The van der Waals surface area contributed by atoms with Crippen molar-refractivity contribution in [3.8, 4) is 0 Å². The number of carbonyl (C=O) groups excluding carboxylic acids is 1. The Balaban J connectivity index is 0. The maximum absolute atomic E-state index is 12.7. The van der Waals surface area contributed by atoms with Crippen LogP contribution in [0.5, 0.6) is 0 Å². The molecule has 0 bridgehead atoms. The third-order valence-corrected chi connectivity index (χ3v) is 1.39. The van der Waals surface area contributed by atoms with Crippen molar-refractivity contribution in [3.05, 3.63) is 35.1 Å². The molecule has 0 aliphatic rings. The molecule has 1 amide bonds. The molecule has 0 spiro atoms. The summed E-state index contributed by atoms with van der Waals surface area (Å²) in [6.45, 7) is 9.77. The molecule has 0 saturated heterocycles. The van der Waals surface area contributed by atoms with E-state index in [2.05, 4.69) is 0 Å². The molecule has 0 heterocycles. The fourth-order valence-corrected chi connectivity index (χ4v) is 0.828. The second-order valence-electron chi connectivity index (χ2n) is 2.35. The van der Waals surface area contributed by atoms with Crippen LogP contribution in [0.4, 0.5) is 4.39 Å². The molecule has 15 heavy (non-hydrogen) atoms. The van der Waals surface area contributed by atoms with Crippen molar-refractivity contribution in [3.63, 3.8) is 0 Å². The minimum Gasteiger partial charge on any atom is -0.366 e. The summed E-state index contributed by atoms with van der Waals surface area (Å²) in [5.41, 5.74) is 5.67. The van der Waals surface area contributed by atoms with Crippen LogP contribution in [0, 0.1) is 12.7 Å². The van der Waals surface area contributed by atoms with E-state index in [4.69, 9.17) is 5.73 Å². The van der Waals surface area contributed by atoms with Crippen molar-refractivity contribution in [2.24, 2.45) is 5.73 Å². The molecule has 1 aromatic rings. The normalized spacial score (nSPS) is 7.87. The summed E-state index contributed by atoms with van der Waals surface area (Å²) in [4.78, 5) is 10.6. The lowest BCUT2D eigenvalue weighted by molar-refractivity contribution is 0.0996. The smallest absolute Gasteiger partial charge is 0.251 e. The molecule has 1 rings (SSSR count). The summed E-state index contributed by atoms with van der Waals surface area (Å²) in [5.74, 6) is -1.30. The molecular weight excluding hydrogens is 193 g/mol. The lowest BCUT2D eigenvalue weighted by atomic mass is 10.1. The fourth-order valence-electron chi connectivity index (χ4n) is 0.828. The van der Waals surface area contributed by atoms with Crippen LogP contribution in [-0.2, 0) is 0 Å². The minimum absolute atomic E-state index is 0.0509. The molecule has 0 aromatic heterocycles. The fraction of sp³-hybridized carbons (Fsp3) is 0.417. The molecule has 0 radical (unpaired) electrons. The lowest BCUT2D eigenvalue weighted by Gasteiger charge is -1.98. The SMILES string of the molecule is CC.CC.Cc1ccc(F)c(C(N)=O)c1. The van der Waals surface area contributed by atoms with Crippen molar-refractivity contribution in [2.75, 3.05) is 0 Å². The van der Waals surface area contributed by atoms with Gasteiger partial charge in [-0.05, 0) is 19.1 Å². The monoisotopic (exact) mass is 213 g/mol. The Kier molecular flexibility index (Phi) is 9.84. The first kappa shape index (κ1) is 16.1. The van der Waals surface area contributed by atoms with Crippen LogP contribution >= 0.6 is 0 Å². The molecule has 3 heteroatoms. The predicted molar refractivity (Wildman–Crippen MR) is 62.4 cm³/mol. The highest BCUT2D eigenvalue weighted by molar-refractivity contribution is 5.93. The van der Waals surface area contributed by atoms with E-state index in [1.165, 1.54) is 12.1 Å².